The second-order valence-electron chi connectivity index (χ2n) is 10.7. The minimum atomic E-state index is -0.558. The molecule has 1 aliphatic heterocycles. The minimum absolute atomic E-state index is 0.0559. The number of alkyl carbamates (subject to hydrolysis) is 1. The summed E-state index contributed by atoms with van der Waals surface area (Å²) < 4.78 is 23.5. The quantitative estimate of drug-likeness (QED) is 0.559. The number of carbonyl (C=O) groups is 1. The van der Waals surface area contributed by atoms with Gasteiger partial charge in [-0.1, -0.05) is 0 Å². The van der Waals surface area contributed by atoms with Crippen LogP contribution in [-0.4, -0.2) is 46.1 Å². The van der Waals surface area contributed by atoms with Crippen LogP contribution in [0.3, 0.4) is 0 Å². The van der Waals surface area contributed by atoms with Crippen LogP contribution in [0.2, 0.25) is 0 Å². The molecule has 8 nitrogen and oxygen atoms in total. The summed E-state index contributed by atoms with van der Waals surface area (Å²) in [6.45, 7) is 9.11. The molecule has 1 unspecified atom stereocenters. The highest BCUT2D eigenvalue weighted by atomic mass is 19.1. The molecule has 3 aromatic rings. The van der Waals surface area contributed by atoms with Crippen molar-refractivity contribution in [2.75, 3.05) is 24.5 Å². The standard InChI is InChI=1S/C26H32FN5O3/c1-15-23-19(7-8-20(33)32(23)18-5-6-18)21(17-12-29-30-13-17)22(27)24(15)31-10-9-16(14-31)11-28-25(34)35-26(2,3)4/h7-8,12-13,16,18H,5-6,9-11,14H2,1-4H3,(H,28,34)(H,29,30). The van der Waals surface area contributed by atoms with Crippen LogP contribution in [0.25, 0.3) is 22.0 Å². The number of anilines is 1. The van der Waals surface area contributed by atoms with Crippen molar-refractivity contribution in [3.05, 3.63) is 46.3 Å². The maximum Gasteiger partial charge on any atom is 0.407 e. The number of hydrogen-bond acceptors (Lipinski definition) is 5. The Bertz CT molecular complexity index is 1320. The van der Waals surface area contributed by atoms with Gasteiger partial charge < -0.3 is 19.5 Å². The van der Waals surface area contributed by atoms with Crippen molar-refractivity contribution in [1.29, 1.82) is 0 Å². The van der Waals surface area contributed by atoms with E-state index in [-0.39, 0.29) is 23.3 Å². The zero-order chi connectivity index (χ0) is 24.9. The lowest BCUT2D eigenvalue weighted by atomic mass is 9.96. The van der Waals surface area contributed by atoms with Gasteiger partial charge in [-0.25, -0.2) is 9.18 Å². The number of fused-ring (bicyclic) bond motifs is 1. The van der Waals surface area contributed by atoms with Gasteiger partial charge in [0.1, 0.15) is 5.60 Å². The smallest absolute Gasteiger partial charge is 0.407 e. The summed E-state index contributed by atoms with van der Waals surface area (Å²) in [5.74, 6) is -0.145. The molecule has 35 heavy (non-hydrogen) atoms. The van der Waals surface area contributed by atoms with E-state index in [1.54, 1.807) is 18.5 Å². The largest absolute Gasteiger partial charge is 0.444 e. The van der Waals surface area contributed by atoms with Crippen molar-refractivity contribution in [1.82, 2.24) is 20.1 Å². The third kappa shape index (κ3) is 4.51. The van der Waals surface area contributed by atoms with Crippen LogP contribution >= 0.6 is 0 Å². The summed E-state index contributed by atoms with van der Waals surface area (Å²) in [5.41, 5.74) is 2.58. The van der Waals surface area contributed by atoms with E-state index in [1.165, 1.54) is 6.07 Å². The molecule has 1 aromatic carbocycles. The molecule has 2 aliphatic rings. The van der Waals surface area contributed by atoms with Crippen LogP contribution in [0.5, 0.6) is 0 Å². The van der Waals surface area contributed by atoms with Crippen LogP contribution in [0.1, 0.15) is 51.6 Å². The molecule has 2 N–H and O–H groups in total. The molecule has 1 saturated carbocycles. The topological polar surface area (TPSA) is 92.2 Å². The third-order valence-electron chi connectivity index (χ3n) is 6.77. The van der Waals surface area contributed by atoms with Crippen molar-refractivity contribution in [3.63, 3.8) is 0 Å². The molecule has 0 bridgehead atoms. The first-order valence-corrected chi connectivity index (χ1v) is 12.2. The summed E-state index contributed by atoms with van der Waals surface area (Å²) >= 11 is 0. The van der Waals surface area contributed by atoms with Crippen LogP contribution in [0.4, 0.5) is 14.9 Å². The van der Waals surface area contributed by atoms with Crippen LogP contribution in [-0.2, 0) is 4.74 Å². The molecule has 1 amide bonds. The van der Waals surface area contributed by atoms with Crippen molar-refractivity contribution in [2.45, 2.75) is 58.6 Å². The van der Waals surface area contributed by atoms with Crippen LogP contribution in [0.15, 0.2) is 29.3 Å². The zero-order valence-corrected chi connectivity index (χ0v) is 20.7. The van der Waals surface area contributed by atoms with Gasteiger partial charge in [0.25, 0.3) is 5.56 Å². The van der Waals surface area contributed by atoms with Crippen LogP contribution in [0, 0.1) is 18.7 Å². The molecule has 5 rings (SSSR count). The van der Waals surface area contributed by atoms with Gasteiger partial charge in [-0.3, -0.25) is 9.89 Å². The third-order valence-corrected chi connectivity index (χ3v) is 6.77. The molecule has 2 aromatic heterocycles. The molecule has 1 aliphatic carbocycles. The molecule has 1 saturated heterocycles. The van der Waals surface area contributed by atoms with E-state index in [0.29, 0.717) is 36.4 Å². The molecular formula is C26H32FN5O3. The number of pyridine rings is 1. The van der Waals surface area contributed by atoms with E-state index in [9.17, 15) is 9.59 Å². The number of amides is 1. The Labute approximate surface area is 203 Å². The van der Waals surface area contributed by atoms with Gasteiger partial charge in [0.05, 0.1) is 17.4 Å². The fourth-order valence-electron chi connectivity index (χ4n) is 5.14. The lowest BCUT2D eigenvalue weighted by molar-refractivity contribution is 0.0520. The van der Waals surface area contributed by atoms with Gasteiger partial charge in [-0.2, -0.15) is 5.10 Å². The Morgan fingerprint density at radius 3 is 2.71 bits per heavy atom. The summed E-state index contributed by atoms with van der Waals surface area (Å²) in [6.07, 6.45) is 5.57. The predicted octanol–water partition coefficient (Wildman–Crippen LogP) is 4.53. The number of rotatable bonds is 5. The SMILES string of the molecule is Cc1c(N2CCC(CNC(=O)OC(C)(C)C)C2)c(F)c(-c2cn[nH]c2)c2ccc(=O)n(C3CC3)c12. The van der Waals surface area contributed by atoms with Crippen molar-refractivity contribution >= 4 is 22.7 Å². The van der Waals surface area contributed by atoms with E-state index in [1.807, 2.05) is 37.2 Å². The van der Waals surface area contributed by atoms with Crippen molar-refractivity contribution < 1.29 is 13.9 Å². The molecule has 0 radical (unpaired) electrons. The second-order valence-corrected chi connectivity index (χ2v) is 10.7. The number of ether oxygens (including phenoxy) is 1. The Balaban J connectivity index is 1.52. The van der Waals surface area contributed by atoms with E-state index in [2.05, 4.69) is 15.5 Å². The lowest BCUT2D eigenvalue weighted by Gasteiger charge is -2.26. The number of aryl methyl sites for hydroxylation is 1. The average molecular weight is 482 g/mol. The highest BCUT2D eigenvalue weighted by Crippen LogP contribution is 2.44. The first-order valence-electron chi connectivity index (χ1n) is 12.2. The Hall–Kier alpha value is -3.36. The number of benzene rings is 1. The minimum Gasteiger partial charge on any atom is -0.444 e. The Morgan fingerprint density at radius 1 is 1.29 bits per heavy atom. The maximum atomic E-state index is 16.3. The monoisotopic (exact) mass is 481 g/mol. The van der Waals surface area contributed by atoms with Gasteiger partial charge in [0.2, 0.25) is 0 Å². The van der Waals surface area contributed by atoms with Gasteiger partial charge in [-0.15, -0.1) is 0 Å². The number of aromatic amines is 1. The summed E-state index contributed by atoms with van der Waals surface area (Å²) in [5, 5.41) is 10.4. The van der Waals surface area contributed by atoms with Crippen LogP contribution < -0.4 is 15.8 Å². The lowest BCUT2D eigenvalue weighted by Crippen LogP contribution is -2.36. The van der Waals surface area contributed by atoms with Gasteiger partial charge in [-0.05, 0) is 64.5 Å². The van der Waals surface area contributed by atoms with E-state index >= 15 is 4.39 Å². The molecule has 2 fully saturated rings. The average Bonchev–Trinajstić information content (AvgIpc) is 3.26. The Kier molecular flexibility index (Phi) is 5.81. The number of aromatic nitrogens is 3. The summed E-state index contributed by atoms with van der Waals surface area (Å²) in [4.78, 5) is 27.0. The van der Waals surface area contributed by atoms with E-state index in [0.717, 1.165) is 35.7 Å². The number of nitrogens with zero attached hydrogens (tertiary/aromatic N) is 3. The number of nitrogens with one attached hydrogen (secondary N) is 2. The maximum absolute atomic E-state index is 16.3. The van der Waals surface area contributed by atoms with Gasteiger partial charge in [0, 0.05) is 54.5 Å². The normalized spacial score (nSPS) is 18.3. The predicted molar refractivity (Wildman–Crippen MR) is 133 cm³/mol. The molecule has 1 atom stereocenters. The molecule has 0 spiro atoms. The zero-order valence-electron chi connectivity index (χ0n) is 20.7. The Morgan fingerprint density at radius 2 is 2.06 bits per heavy atom. The summed E-state index contributed by atoms with van der Waals surface area (Å²) in [7, 11) is 0. The highest BCUT2D eigenvalue weighted by Gasteiger charge is 2.33. The summed E-state index contributed by atoms with van der Waals surface area (Å²) in [6, 6.07) is 3.43. The second kappa shape index (κ2) is 8.70. The fraction of sp³-hybridized carbons (Fsp3) is 0.500. The van der Waals surface area contributed by atoms with Gasteiger partial charge >= 0.3 is 6.09 Å². The molecular weight excluding hydrogens is 449 g/mol. The fourth-order valence-corrected chi connectivity index (χ4v) is 5.14. The van der Waals surface area contributed by atoms with E-state index < -0.39 is 11.7 Å². The number of H-pyrrole nitrogens is 1. The number of carbonyl (C=O) groups excluding carboxylic acids is 1. The first kappa shape index (κ1) is 23.4. The van der Waals surface area contributed by atoms with Gasteiger partial charge in [0.15, 0.2) is 5.82 Å². The highest BCUT2D eigenvalue weighted by molar-refractivity contribution is 6.00. The molecule has 186 valence electrons. The molecule has 3 heterocycles. The first-order chi connectivity index (χ1) is 16.6. The number of halogens is 1. The van der Waals surface area contributed by atoms with Crippen molar-refractivity contribution in [3.8, 4) is 11.1 Å². The number of hydrogen-bond donors (Lipinski definition) is 2. The molecule has 9 heteroatoms. The van der Waals surface area contributed by atoms with Crippen molar-refractivity contribution in [2.24, 2.45) is 5.92 Å². The van der Waals surface area contributed by atoms with E-state index in [4.69, 9.17) is 4.74 Å².